The zero-order valence-electron chi connectivity index (χ0n) is 13.3. The summed E-state index contributed by atoms with van der Waals surface area (Å²) in [7, 11) is 0. The second-order valence-corrected chi connectivity index (χ2v) is 6.73. The molecular formula is C17H20N4O2S. The summed E-state index contributed by atoms with van der Waals surface area (Å²) < 4.78 is 0. The predicted molar refractivity (Wildman–Crippen MR) is 94.2 cm³/mol. The van der Waals surface area contributed by atoms with Gasteiger partial charge in [0.15, 0.2) is 5.13 Å². The molecule has 2 amide bonds. The van der Waals surface area contributed by atoms with Crippen LogP contribution in [0.15, 0.2) is 29.6 Å². The number of nitrogens with two attached hydrogens (primary N) is 1. The minimum atomic E-state index is -0.510. The van der Waals surface area contributed by atoms with Gasteiger partial charge in [-0.1, -0.05) is 6.42 Å². The largest absolute Gasteiger partial charge is 0.366 e. The van der Waals surface area contributed by atoms with Gasteiger partial charge in [-0.2, -0.15) is 0 Å². The van der Waals surface area contributed by atoms with Gasteiger partial charge in [-0.25, -0.2) is 4.98 Å². The zero-order chi connectivity index (χ0) is 16.9. The number of benzene rings is 1. The van der Waals surface area contributed by atoms with E-state index in [9.17, 15) is 9.59 Å². The summed E-state index contributed by atoms with van der Waals surface area (Å²) >= 11 is 1.43. The van der Waals surface area contributed by atoms with Crippen molar-refractivity contribution in [2.75, 3.05) is 18.4 Å². The van der Waals surface area contributed by atoms with Crippen molar-refractivity contribution in [1.29, 1.82) is 0 Å². The van der Waals surface area contributed by atoms with Gasteiger partial charge in [-0.05, 0) is 50.2 Å². The Kier molecular flexibility index (Phi) is 5.22. The maximum Gasteiger partial charge on any atom is 0.257 e. The summed E-state index contributed by atoms with van der Waals surface area (Å²) in [6, 6.07) is 6.25. The van der Waals surface area contributed by atoms with Gasteiger partial charge in [0, 0.05) is 23.1 Å². The van der Waals surface area contributed by atoms with Crippen LogP contribution in [-0.2, 0) is 6.54 Å². The molecule has 1 saturated heterocycles. The van der Waals surface area contributed by atoms with Gasteiger partial charge in [0.2, 0.25) is 5.91 Å². The monoisotopic (exact) mass is 344 g/mol. The number of carbonyl (C=O) groups is 2. The number of likely N-dealkylation sites (tertiary alicyclic amines) is 1. The van der Waals surface area contributed by atoms with Crippen molar-refractivity contribution in [2.45, 2.75) is 25.8 Å². The van der Waals surface area contributed by atoms with Crippen LogP contribution in [0.25, 0.3) is 0 Å². The summed E-state index contributed by atoms with van der Waals surface area (Å²) in [6.45, 7) is 3.07. The normalized spacial score (nSPS) is 15.2. The van der Waals surface area contributed by atoms with Crippen LogP contribution in [0.5, 0.6) is 0 Å². The zero-order valence-corrected chi connectivity index (χ0v) is 14.1. The number of aromatic nitrogens is 1. The Balaban J connectivity index is 1.59. The smallest absolute Gasteiger partial charge is 0.257 e. The molecular weight excluding hydrogens is 324 g/mol. The molecule has 0 atom stereocenters. The third-order valence-electron chi connectivity index (χ3n) is 4.04. The van der Waals surface area contributed by atoms with Gasteiger partial charge in [-0.3, -0.25) is 19.8 Å². The van der Waals surface area contributed by atoms with Crippen molar-refractivity contribution < 1.29 is 9.59 Å². The minimum absolute atomic E-state index is 0.245. The van der Waals surface area contributed by atoms with E-state index in [0.29, 0.717) is 16.3 Å². The predicted octanol–water partition coefficient (Wildman–Crippen LogP) is 2.48. The number of hydrogen-bond acceptors (Lipinski definition) is 5. The van der Waals surface area contributed by atoms with E-state index in [0.717, 1.165) is 25.3 Å². The highest BCUT2D eigenvalue weighted by atomic mass is 32.1. The molecule has 1 aromatic carbocycles. The van der Waals surface area contributed by atoms with Crippen molar-refractivity contribution in [1.82, 2.24) is 9.88 Å². The second kappa shape index (κ2) is 7.55. The van der Waals surface area contributed by atoms with Crippen molar-refractivity contribution in [3.63, 3.8) is 0 Å². The van der Waals surface area contributed by atoms with E-state index in [2.05, 4.69) is 15.2 Å². The fraction of sp³-hybridized carbons (Fsp3) is 0.353. The van der Waals surface area contributed by atoms with Crippen LogP contribution in [-0.4, -0.2) is 34.8 Å². The van der Waals surface area contributed by atoms with E-state index in [1.807, 2.05) is 5.38 Å². The Morgan fingerprint density at radius 2 is 1.79 bits per heavy atom. The van der Waals surface area contributed by atoms with Gasteiger partial charge in [0.1, 0.15) is 0 Å². The fourth-order valence-electron chi connectivity index (χ4n) is 2.74. The number of rotatable bonds is 5. The Morgan fingerprint density at radius 3 is 2.46 bits per heavy atom. The number of thiazole rings is 1. The lowest BCUT2D eigenvalue weighted by Crippen LogP contribution is -2.29. The molecule has 0 bridgehead atoms. The second-order valence-electron chi connectivity index (χ2n) is 5.88. The van der Waals surface area contributed by atoms with E-state index in [4.69, 9.17) is 5.73 Å². The molecule has 0 aliphatic carbocycles. The number of carbonyl (C=O) groups excluding carboxylic acids is 2. The van der Waals surface area contributed by atoms with Crippen LogP contribution in [0.2, 0.25) is 0 Å². The first kappa shape index (κ1) is 16.6. The molecule has 0 spiro atoms. The third kappa shape index (κ3) is 4.18. The molecule has 1 aliphatic rings. The third-order valence-corrected chi connectivity index (χ3v) is 4.84. The van der Waals surface area contributed by atoms with E-state index >= 15 is 0 Å². The molecule has 7 heteroatoms. The van der Waals surface area contributed by atoms with Gasteiger partial charge >= 0.3 is 0 Å². The molecule has 2 aromatic rings. The molecule has 3 rings (SSSR count). The molecule has 3 N–H and O–H groups in total. The molecule has 1 fully saturated rings. The molecule has 6 nitrogen and oxygen atoms in total. The Morgan fingerprint density at radius 1 is 1.12 bits per heavy atom. The quantitative estimate of drug-likeness (QED) is 0.872. The average Bonchev–Trinajstić information content (AvgIpc) is 3.02. The number of anilines is 1. The van der Waals surface area contributed by atoms with Crippen molar-refractivity contribution in [3.05, 3.63) is 46.5 Å². The lowest BCUT2D eigenvalue weighted by Gasteiger charge is -2.25. The first-order valence-electron chi connectivity index (χ1n) is 8.00. The molecule has 0 unspecified atom stereocenters. The van der Waals surface area contributed by atoms with Crippen LogP contribution in [0.3, 0.4) is 0 Å². The standard InChI is InChI=1S/C17H20N4O2S/c18-15(22)12-4-6-13(7-5-12)16(23)20-17-19-14(11-24-17)10-21-8-2-1-3-9-21/h4-7,11H,1-3,8-10H2,(H2,18,22)(H,19,20,23). The van der Waals surface area contributed by atoms with Crippen LogP contribution in [0.4, 0.5) is 5.13 Å². The van der Waals surface area contributed by atoms with Gasteiger partial charge in [0.05, 0.1) is 5.69 Å². The highest BCUT2D eigenvalue weighted by Crippen LogP contribution is 2.19. The number of hydrogen-bond donors (Lipinski definition) is 2. The first-order valence-corrected chi connectivity index (χ1v) is 8.88. The van der Waals surface area contributed by atoms with Gasteiger partial charge in [-0.15, -0.1) is 11.3 Å². The highest BCUT2D eigenvalue weighted by molar-refractivity contribution is 7.13. The average molecular weight is 344 g/mol. The van der Waals surface area contributed by atoms with Crippen molar-refractivity contribution >= 4 is 28.3 Å². The first-order chi connectivity index (χ1) is 11.6. The summed E-state index contributed by atoms with van der Waals surface area (Å²) in [5.41, 5.74) is 7.02. The lowest BCUT2D eigenvalue weighted by atomic mass is 10.1. The summed E-state index contributed by atoms with van der Waals surface area (Å²) in [6.07, 6.45) is 3.80. The van der Waals surface area contributed by atoms with E-state index in [1.165, 1.54) is 30.6 Å². The van der Waals surface area contributed by atoms with Crippen molar-refractivity contribution in [2.24, 2.45) is 5.73 Å². The molecule has 1 aliphatic heterocycles. The Labute approximate surface area is 144 Å². The van der Waals surface area contributed by atoms with Crippen LogP contribution < -0.4 is 11.1 Å². The molecule has 1 aromatic heterocycles. The fourth-order valence-corrected chi connectivity index (χ4v) is 3.44. The highest BCUT2D eigenvalue weighted by Gasteiger charge is 2.14. The minimum Gasteiger partial charge on any atom is -0.366 e. The summed E-state index contributed by atoms with van der Waals surface area (Å²) in [5.74, 6) is -0.755. The molecule has 2 heterocycles. The molecule has 0 saturated carbocycles. The molecule has 126 valence electrons. The van der Waals surface area contributed by atoms with E-state index in [-0.39, 0.29) is 5.91 Å². The number of piperidine rings is 1. The maximum absolute atomic E-state index is 12.2. The number of amides is 2. The number of primary amides is 1. The van der Waals surface area contributed by atoms with E-state index in [1.54, 1.807) is 24.3 Å². The molecule has 24 heavy (non-hydrogen) atoms. The maximum atomic E-state index is 12.2. The number of nitrogens with one attached hydrogen (secondary N) is 1. The van der Waals surface area contributed by atoms with Gasteiger partial charge < -0.3 is 5.73 Å². The van der Waals surface area contributed by atoms with Crippen LogP contribution in [0.1, 0.15) is 45.7 Å². The molecule has 0 radical (unpaired) electrons. The lowest BCUT2D eigenvalue weighted by molar-refractivity contribution is 0.0995. The Bertz CT molecular complexity index is 720. The topological polar surface area (TPSA) is 88.3 Å². The van der Waals surface area contributed by atoms with Crippen molar-refractivity contribution in [3.8, 4) is 0 Å². The van der Waals surface area contributed by atoms with E-state index < -0.39 is 5.91 Å². The van der Waals surface area contributed by atoms with Gasteiger partial charge in [0.25, 0.3) is 5.91 Å². The van der Waals surface area contributed by atoms with Crippen LogP contribution >= 0.6 is 11.3 Å². The summed E-state index contributed by atoms with van der Waals surface area (Å²) in [4.78, 5) is 30.2. The SMILES string of the molecule is NC(=O)c1ccc(C(=O)Nc2nc(CN3CCCCC3)cs2)cc1. The number of nitrogens with zero attached hydrogens (tertiary/aromatic N) is 2. The summed E-state index contributed by atoms with van der Waals surface area (Å²) in [5, 5.41) is 5.37. The van der Waals surface area contributed by atoms with Crippen LogP contribution in [0, 0.1) is 0 Å². The Hall–Kier alpha value is -2.25.